The number of nitrogens with one attached hydrogen (secondary N) is 1. The molecule has 98 valence electrons. The van der Waals surface area contributed by atoms with Gasteiger partial charge in [-0.2, -0.15) is 5.10 Å². The molecule has 1 aromatic carbocycles. The SMILES string of the molecule is NC1(C(=O)Nc2cccc(Cn3cncn3)c2)CC1. The fourth-order valence-electron chi connectivity index (χ4n) is 1.87. The Hall–Kier alpha value is -2.21. The largest absolute Gasteiger partial charge is 0.324 e. The van der Waals surface area contributed by atoms with Crippen LogP contribution in [0.15, 0.2) is 36.9 Å². The van der Waals surface area contributed by atoms with E-state index in [1.165, 1.54) is 6.33 Å². The number of nitrogens with zero attached hydrogens (tertiary/aromatic N) is 3. The predicted octanol–water partition coefficient (Wildman–Crippen LogP) is 0.756. The first-order valence-electron chi connectivity index (χ1n) is 6.17. The van der Waals surface area contributed by atoms with Crippen molar-refractivity contribution in [1.29, 1.82) is 0 Å². The summed E-state index contributed by atoms with van der Waals surface area (Å²) in [5, 5.41) is 6.90. The number of nitrogens with two attached hydrogens (primary N) is 1. The van der Waals surface area contributed by atoms with Crippen LogP contribution in [0.2, 0.25) is 0 Å². The van der Waals surface area contributed by atoms with Crippen molar-refractivity contribution >= 4 is 11.6 Å². The van der Waals surface area contributed by atoms with E-state index >= 15 is 0 Å². The highest BCUT2D eigenvalue weighted by Crippen LogP contribution is 2.33. The number of aromatic nitrogens is 3. The van der Waals surface area contributed by atoms with Crippen LogP contribution in [0.4, 0.5) is 5.69 Å². The Morgan fingerprint density at radius 2 is 2.32 bits per heavy atom. The van der Waals surface area contributed by atoms with Crippen molar-refractivity contribution in [2.75, 3.05) is 5.32 Å². The van der Waals surface area contributed by atoms with E-state index in [1.807, 2.05) is 24.3 Å². The molecule has 0 bridgehead atoms. The minimum atomic E-state index is -0.651. The maximum Gasteiger partial charge on any atom is 0.244 e. The van der Waals surface area contributed by atoms with Gasteiger partial charge in [-0.25, -0.2) is 9.67 Å². The van der Waals surface area contributed by atoms with Gasteiger partial charge in [0.15, 0.2) is 0 Å². The quantitative estimate of drug-likeness (QED) is 0.846. The molecule has 1 heterocycles. The van der Waals surface area contributed by atoms with Crippen molar-refractivity contribution in [2.45, 2.75) is 24.9 Å². The number of anilines is 1. The van der Waals surface area contributed by atoms with Gasteiger partial charge in [0, 0.05) is 5.69 Å². The zero-order valence-corrected chi connectivity index (χ0v) is 10.4. The molecule has 1 amide bonds. The molecular weight excluding hydrogens is 242 g/mol. The topological polar surface area (TPSA) is 85.8 Å². The van der Waals surface area contributed by atoms with Gasteiger partial charge in [0.2, 0.25) is 5.91 Å². The lowest BCUT2D eigenvalue weighted by molar-refractivity contribution is -0.118. The van der Waals surface area contributed by atoms with E-state index < -0.39 is 5.54 Å². The number of benzene rings is 1. The van der Waals surface area contributed by atoms with E-state index in [-0.39, 0.29) is 5.91 Å². The standard InChI is InChI=1S/C13H15N5O/c14-13(4-5-13)12(19)17-11-3-1-2-10(6-11)7-18-9-15-8-16-18/h1-3,6,8-9H,4-5,7,14H2,(H,17,19). The molecule has 2 aromatic rings. The summed E-state index contributed by atoms with van der Waals surface area (Å²) in [6.07, 6.45) is 4.68. The van der Waals surface area contributed by atoms with Gasteiger partial charge in [0.1, 0.15) is 12.7 Å². The molecule has 0 unspecified atom stereocenters. The second-order valence-electron chi connectivity index (χ2n) is 4.90. The highest BCUT2D eigenvalue weighted by molar-refractivity contribution is 6.00. The number of hydrogen-bond acceptors (Lipinski definition) is 4. The molecule has 1 fully saturated rings. The van der Waals surface area contributed by atoms with Crippen LogP contribution < -0.4 is 11.1 Å². The summed E-state index contributed by atoms with van der Waals surface area (Å²) < 4.78 is 1.73. The fourth-order valence-corrected chi connectivity index (χ4v) is 1.87. The Balaban J connectivity index is 1.71. The summed E-state index contributed by atoms with van der Waals surface area (Å²) >= 11 is 0. The second-order valence-corrected chi connectivity index (χ2v) is 4.90. The molecule has 0 atom stereocenters. The zero-order valence-electron chi connectivity index (χ0n) is 10.4. The van der Waals surface area contributed by atoms with Crippen LogP contribution in [0.25, 0.3) is 0 Å². The Bertz CT molecular complexity index is 589. The first kappa shape index (κ1) is 11.9. The third-order valence-corrected chi connectivity index (χ3v) is 3.24. The summed E-state index contributed by atoms with van der Waals surface area (Å²) in [6, 6.07) is 7.66. The van der Waals surface area contributed by atoms with E-state index in [2.05, 4.69) is 15.4 Å². The molecule has 0 aliphatic heterocycles. The highest BCUT2D eigenvalue weighted by atomic mass is 16.2. The van der Waals surface area contributed by atoms with Gasteiger partial charge in [-0.05, 0) is 30.5 Å². The van der Waals surface area contributed by atoms with Crippen LogP contribution in [-0.2, 0) is 11.3 Å². The van der Waals surface area contributed by atoms with Crippen molar-refractivity contribution in [2.24, 2.45) is 5.73 Å². The van der Waals surface area contributed by atoms with Crippen LogP contribution in [0.1, 0.15) is 18.4 Å². The van der Waals surface area contributed by atoms with Crippen LogP contribution in [0.3, 0.4) is 0 Å². The van der Waals surface area contributed by atoms with Gasteiger partial charge in [0.05, 0.1) is 12.1 Å². The van der Waals surface area contributed by atoms with Crippen molar-refractivity contribution in [3.63, 3.8) is 0 Å². The Morgan fingerprint density at radius 1 is 1.47 bits per heavy atom. The van der Waals surface area contributed by atoms with Crippen LogP contribution >= 0.6 is 0 Å². The molecule has 6 nitrogen and oxygen atoms in total. The number of amides is 1. The van der Waals surface area contributed by atoms with Crippen molar-refractivity contribution in [3.05, 3.63) is 42.5 Å². The molecule has 0 saturated heterocycles. The maximum atomic E-state index is 11.9. The molecule has 19 heavy (non-hydrogen) atoms. The van der Waals surface area contributed by atoms with E-state index in [0.717, 1.165) is 24.1 Å². The molecule has 0 spiro atoms. The Labute approximate surface area is 110 Å². The van der Waals surface area contributed by atoms with Gasteiger partial charge in [-0.3, -0.25) is 4.79 Å². The third kappa shape index (κ3) is 2.63. The van der Waals surface area contributed by atoms with Crippen molar-refractivity contribution in [1.82, 2.24) is 14.8 Å². The van der Waals surface area contributed by atoms with Crippen LogP contribution in [0, 0.1) is 0 Å². The van der Waals surface area contributed by atoms with Gasteiger partial charge >= 0.3 is 0 Å². The minimum absolute atomic E-state index is 0.106. The Morgan fingerprint density at radius 3 is 3.00 bits per heavy atom. The predicted molar refractivity (Wildman–Crippen MR) is 70.3 cm³/mol. The van der Waals surface area contributed by atoms with Crippen molar-refractivity contribution < 1.29 is 4.79 Å². The summed E-state index contributed by atoms with van der Waals surface area (Å²) in [4.78, 5) is 15.8. The summed E-state index contributed by atoms with van der Waals surface area (Å²) in [5.41, 5.74) is 7.01. The Kier molecular flexibility index (Phi) is 2.79. The van der Waals surface area contributed by atoms with Crippen molar-refractivity contribution in [3.8, 4) is 0 Å². The van der Waals surface area contributed by atoms with E-state index in [9.17, 15) is 4.79 Å². The monoisotopic (exact) mass is 257 g/mol. The van der Waals surface area contributed by atoms with Gasteiger partial charge < -0.3 is 11.1 Å². The lowest BCUT2D eigenvalue weighted by atomic mass is 10.2. The van der Waals surface area contributed by atoms with Gasteiger partial charge in [-0.1, -0.05) is 12.1 Å². The molecule has 3 rings (SSSR count). The first-order chi connectivity index (χ1) is 9.16. The summed E-state index contributed by atoms with van der Waals surface area (Å²) in [7, 11) is 0. The third-order valence-electron chi connectivity index (χ3n) is 3.24. The number of carbonyl (C=O) groups is 1. The average molecular weight is 257 g/mol. The normalized spacial score (nSPS) is 16.1. The van der Waals surface area contributed by atoms with E-state index in [4.69, 9.17) is 5.73 Å². The zero-order chi connectivity index (χ0) is 13.3. The first-order valence-corrected chi connectivity index (χ1v) is 6.17. The lowest BCUT2D eigenvalue weighted by Crippen LogP contribution is -2.37. The van der Waals surface area contributed by atoms with Crippen LogP contribution in [0.5, 0.6) is 0 Å². The molecule has 1 aromatic heterocycles. The summed E-state index contributed by atoms with van der Waals surface area (Å²) in [5.74, 6) is -0.106. The van der Waals surface area contributed by atoms with Gasteiger partial charge in [0.25, 0.3) is 0 Å². The molecule has 1 aliphatic rings. The summed E-state index contributed by atoms with van der Waals surface area (Å²) in [6.45, 7) is 0.622. The van der Waals surface area contributed by atoms with Crippen LogP contribution in [-0.4, -0.2) is 26.2 Å². The molecular formula is C13H15N5O. The van der Waals surface area contributed by atoms with E-state index in [0.29, 0.717) is 6.54 Å². The number of rotatable bonds is 4. The maximum absolute atomic E-state index is 11.9. The molecule has 0 radical (unpaired) electrons. The second kappa shape index (κ2) is 4.47. The molecule has 1 saturated carbocycles. The average Bonchev–Trinajstić information content (AvgIpc) is 2.95. The van der Waals surface area contributed by atoms with Gasteiger partial charge in [-0.15, -0.1) is 0 Å². The highest BCUT2D eigenvalue weighted by Gasteiger charge is 2.45. The molecule has 1 aliphatic carbocycles. The minimum Gasteiger partial charge on any atom is -0.324 e. The number of carbonyl (C=O) groups excluding carboxylic acids is 1. The molecule has 3 N–H and O–H groups in total. The fraction of sp³-hybridized carbons (Fsp3) is 0.308. The smallest absolute Gasteiger partial charge is 0.244 e. The number of hydrogen-bond donors (Lipinski definition) is 2. The lowest BCUT2D eigenvalue weighted by Gasteiger charge is -2.11. The molecule has 6 heteroatoms. The van der Waals surface area contributed by atoms with E-state index in [1.54, 1.807) is 11.0 Å².